The van der Waals surface area contributed by atoms with Gasteiger partial charge < -0.3 is 10.2 Å². The van der Waals surface area contributed by atoms with Gasteiger partial charge in [0.2, 0.25) is 0 Å². The first kappa shape index (κ1) is 15.2. The van der Waals surface area contributed by atoms with Crippen LogP contribution < -0.4 is 0 Å². The summed E-state index contributed by atoms with van der Waals surface area (Å²) in [7, 11) is 0. The van der Waals surface area contributed by atoms with Crippen molar-refractivity contribution in [3.63, 3.8) is 0 Å². The number of hydrogen-bond donors (Lipinski definition) is 2. The lowest BCUT2D eigenvalue weighted by Crippen LogP contribution is -2.05. The van der Waals surface area contributed by atoms with Crippen LogP contribution in [0.2, 0.25) is 0 Å². The van der Waals surface area contributed by atoms with Crippen LogP contribution in [0.1, 0.15) is 33.7 Å². The molecule has 0 aliphatic rings. The van der Waals surface area contributed by atoms with Gasteiger partial charge in [-0.15, -0.1) is 0 Å². The molecule has 0 saturated heterocycles. The first-order chi connectivity index (χ1) is 11.1. The zero-order chi connectivity index (χ0) is 16.4. The van der Waals surface area contributed by atoms with Crippen LogP contribution in [0.15, 0.2) is 66.7 Å². The number of phenols is 2. The van der Waals surface area contributed by atoms with E-state index in [1.54, 1.807) is 12.1 Å². The molecule has 3 aromatic carbocycles. The van der Waals surface area contributed by atoms with E-state index >= 15 is 0 Å². The van der Waals surface area contributed by atoms with Crippen molar-refractivity contribution in [1.29, 1.82) is 0 Å². The summed E-state index contributed by atoms with van der Waals surface area (Å²) in [6.07, 6.45) is 0. The molecule has 2 nitrogen and oxygen atoms in total. The fraction of sp³-hybridized carbons (Fsp3) is 0.143. The first-order valence-corrected chi connectivity index (χ1v) is 7.70. The standard InChI is InChI=1S/C21H20O2/c1-14-8-10-19(22)17(12-14)21(16-6-4-3-5-7-16)18-13-15(2)9-11-20(18)23/h3-13,21-23H,1-2H3. The minimum absolute atomic E-state index is 0.212. The Morgan fingerprint density at radius 1 is 0.652 bits per heavy atom. The van der Waals surface area contributed by atoms with Gasteiger partial charge in [0, 0.05) is 17.0 Å². The predicted molar refractivity (Wildman–Crippen MR) is 93.1 cm³/mol. The minimum atomic E-state index is -0.212. The van der Waals surface area contributed by atoms with Crippen molar-refractivity contribution in [2.75, 3.05) is 0 Å². The molecule has 0 fully saturated rings. The monoisotopic (exact) mass is 304 g/mol. The lowest BCUT2D eigenvalue weighted by Gasteiger charge is -2.22. The molecule has 0 atom stereocenters. The molecule has 3 rings (SSSR count). The van der Waals surface area contributed by atoms with Crippen LogP contribution in [-0.2, 0) is 0 Å². The molecule has 0 aliphatic heterocycles. The van der Waals surface area contributed by atoms with Gasteiger partial charge in [-0.1, -0.05) is 65.7 Å². The third-order valence-corrected chi connectivity index (χ3v) is 4.12. The Morgan fingerprint density at radius 2 is 1.13 bits per heavy atom. The van der Waals surface area contributed by atoms with Crippen LogP contribution in [0.4, 0.5) is 0 Å². The van der Waals surface area contributed by atoms with Crippen molar-refractivity contribution in [2.45, 2.75) is 19.8 Å². The lowest BCUT2D eigenvalue weighted by molar-refractivity contribution is 0.458. The Kier molecular flexibility index (Phi) is 4.07. The number of rotatable bonds is 3. The number of aryl methyl sites for hydroxylation is 2. The van der Waals surface area contributed by atoms with E-state index in [0.29, 0.717) is 0 Å². The van der Waals surface area contributed by atoms with Crippen LogP contribution in [0.5, 0.6) is 11.5 Å². The molecule has 0 unspecified atom stereocenters. The largest absolute Gasteiger partial charge is 0.508 e. The summed E-state index contributed by atoms with van der Waals surface area (Å²) in [4.78, 5) is 0. The molecular formula is C21H20O2. The van der Waals surface area contributed by atoms with Gasteiger partial charge in [-0.3, -0.25) is 0 Å². The number of phenolic OH excluding ortho intramolecular Hbond substituents is 2. The van der Waals surface area contributed by atoms with E-state index in [4.69, 9.17) is 0 Å². The van der Waals surface area contributed by atoms with E-state index in [0.717, 1.165) is 27.8 Å². The molecule has 0 amide bonds. The van der Waals surface area contributed by atoms with Gasteiger partial charge >= 0.3 is 0 Å². The van der Waals surface area contributed by atoms with Gasteiger partial charge in [-0.05, 0) is 31.5 Å². The van der Waals surface area contributed by atoms with Gasteiger partial charge in [0.15, 0.2) is 0 Å². The third-order valence-electron chi connectivity index (χ3n) is 4.12. The molecule has 116 valence electrons. The quantitative estimate of drug-likeness (QED) is 0.676. The first-order valence-electron chi connectivity index (χ1n) is 7.70. The fourth-order valence-corrected chi connectivity index (χ4v) is 2.98. The van der Waals surface area contributed by atoms with Gasteiger partial charge in [-0.2, -0.15) is 0 Å². The average Bonchev–Trinajstić information content (AvgIpc) is 2.55. The Bertz CT molecular complexity index is 771. The highest BCUT2D eigenvalue weighted by atomic mass is 16.3. The van der Waals surface area contributed by atoms with Gasteiger partial charge in [0.25, 0.3) is 0 Å². The zero-order valence-electron chi connectivity index (χ0n) is 13.3. The number of benzene rings is 3. The Balaban J connectivity index is 2.27. The lowest BCUT2D eigenvalue weighted by atomic mass is 9.83. The molecule has 0 saturated carbocycles. The van der Waals surface area contributed by atoms with E-state index in [9.17, 15) is 10.2 Å². The van der Waals surface area contributed by atoms with Crippen LogP contribution in [0.3, 0.4) is 0 Å². The summed E-state index contributed by atoms with van der Waals surface area (Å²) in [5.74, 6) is 0.270. The van der Waals surface area contributed by atoms with Crippen LogP contribution in [0, 0.1) is 13.8 Å². The topological polar surface area (TPSA) is 40.5 Å². The second-order valence-electron chi connectivity index (χ2n) is 5.97. The number of hydrogen-bond acceptors (Lipinski definition) is 2. The average molecular weight is 304 g/mol. The minimum Gasteiger partial charge on any atom is -0.508 e. The van der Waals surface area contributed by atoms with Crippen molar-refractivity contribution in [3.05, 3.63) is 94.5 Å². The molecule has 0 aliphatic carbocycles. The molecular weight excluding hydrogens is 284 g/mol. The van der Waals surface area contributed by atoms with Crippen molar-refractivity contribution < 1.29 is 10.2 Å². The molecule has 2 N–H and O–H groups in total. The van der Waals surface area contributed by atoms with E-state index < -0.39 is 0 Å². The summed E-state index contributed by atoms with van der Waals surface area (Å²) in [6.45, 7) is 4.00. The molecule has 0 radical (unpaired) electrons. The van der Waals surface area contributed by atoms with Gasteiger partial charge in [0.1, 0.15) is 11.5 Å². The van der Waals surface area contributed by atoms with Gasteiger partial charge in [0.05, 0.1) is 0 Å². The summed E-state index contributed by atoms with van der Waals surface area (Å²) in [6, 6.07) is 21.1. The van der Waals surface area contributed by atoms with E-state index in [2.05, 4.69) is 0 Å². The van der Waals surface area contributed by atoms with Crippen LogP contribution >= 0.6 is 0 Å². The molecule has 0 bridgehead atoms. The van der Waals surface area contributed by atoms with Crippen molar-refractivity contribution in [1.82, 2.24) is 0 Å². The molecule has 3 aromatic rings. The molecule has 2 heteroatoms. The van der Waals surface area contributed by atoms with Crippen molar-refractivity contribution >= 4 is 0 Å². The van der Waals surface area contributed by atoms with Crippen molar-refractivity contribution in [2.24, 2.45) is 0 Å². The third kappa shape index (κ3) is 3.07. The summed E-state index contributed by atoms with van der Waals surface area (Å²) >= 11 is 0. The van der Waals surface area contributed by atoms with Crippen LogP contribution in [-0.4, -0.2) is 10.2 Å². The fourth-order valence-electron chi connectivity index (χ4n) is 2.98. The summed E-state index contributed by atoms with van der Waals surface area (Å²) in [5, 5.41) is 20.8. The maximum absolute atomic E-state index is 10.4. The Hall–Kier alpha value is -2.74. The maximum atomic E-state index is 10.4. The highest BCUT2D eigenvalue weighted by Crippen LogP contribution is 2.40. The van der Waals surface area contributed by atoms with E-state index in [1.807, 2.05) is 68.4 Å². The van der Waals surface area contributed by atoms with E-state index in [1.165, 1.54) is 0 Å². The van der Waals surface area contributed by atoms with Crippen molar-refractivity contribution in [3.8, 4) is 11.5 Å². The Morgan fingerprint density at radius 3 is 1.61 bits per heavy atom. The summed E-state index contributed by atoms with van der Waals surface area (Å²) in [5.41, 5.74) is 4.79. The SMILES string of the molecule is Cc1ccc(O)c(C(c2ccccc2)c2cc(C)ccc2O)c1. The maximum Gasteiger partial charge on any atom is 0.119 e. The normalized spacial score (nSPS) is 10.9. The highest BCUT2D eigenvalue weighted by Gasteiger charge is 2.22. The highest BCUT2D eigenvalue weighted by molar-refractivity contribution is 5.54. The second-order valence-corrected chi connectivity index (χ2v) is 5.97. The number of aromatic hydroxyl groups is 2. The zero-order valence-corrected chi connectivity index (χ0v) is 13.3. The van der Waals surface area contributed by atoms with Crippen LogP contribution in [0.25, 0.3) is 0 Å². The second kappa shape index (κ2) is 6.17. The van der Waals surface area contributed by atoms with Gasteiger partial charge in [-0.25, -0.2) is 0 Å². The van der Waals surface area contributed by atoms with E-state index in [-0.39, 0.29) is 17.4 Å². The molecule has 0 spiro atoms. The molecule has 0 aromatic heterocycles. The molecule has 23 heavy (non-hydrogen) atoms. The summed E-state index contributed by atoms with van der Waals surface area (Å²) < 4.78 is 0. The predicted octanol–water partition coefficient (Wildman–Crippen LogP) is 4.89. The smallest absolute Gasteiger partial charge is 0.119 e. The Labute approximate surface area is 136 Å². The molecule has 0 heterocycles.